The molecule has 0 atom stereocenters. The van der Waals surface area contributed by atoms with Gasteiger partial charge in [-0.15, -0.1) is 0 Å². The lowest BCUT2D eigenvalue weighted by molar-refractivity contribution is 0.468. The Morgan fingerprint density at radius 3 is 2.77 bits per heavy atom. The summed E-state index contributed by atoms with van der Waals surface area (Å²) in [7, 11) is 0. The standard InChI is InChI=1S/C31H37N7O2/c1-3-4-5-6-13-33-31-38-27-17-23(8-10-28(27)40-31)39-30-25-18-26(37-29(25)34-19-35-30)24-9-7-22(16-20(24)2)36-21-11-14-32-15-12-21/h7-10,16-19,21,32,36H,3-6,11-15H2,1-2H3,(H,33,38)(H,34,35,37). The van der Waals surface area contributed by atoms with Gasteiger partial charge in [0.25, 0.3) is 6.01 Å². The average Bonchev–Trinajstić information content (AvgIpc) is 3.58. The Morgan fingerprint density at radius 1 is 1.02 bits per heavy atom. The van der Waals surface area contributed by atoms with Crippen LogP contribution in [-0.2, 0) is 0 Å². The monoisotopic (exact) mass is 539 g/mol. The molecule has 0 unspecified atom stereocenters. The maximum absolute atomic E-state index is 6.23. The van der Waals surface area contributed by atoms with Gasteiger partial charge in [-0.2, -0.15) is 4.98 Å². The SMILES string of the molecule is CCCCCCNc1nc2cc(Oc3ncnc4[nH]c(-c5ccc(NC6CCNCC6)cc5C)cc34)ccc2o1. The topological polar surface area (TPSA) is 113 Å². The molecule has 0 spiro atoms. The molecule has 0 radical (unpaired) electrons. The van der Waals surface area contributed by atoms with Crippen molar-refractivity contribution in [2.45, 2.75) is 58.4 Å². The number of anilines is 2. The summed E-state index contributed by atoms with van der Waals surface area (Å²) in [5.74, 6) is 1.13. The Bertz CT molecular complexity index is 1590. The van der Waals surface area contributed by atoms with Crippen molar-refractivity contribution in [1.29, 1.82) is 0 Å². The van der Waals surface area contributed by atoms with Gasteiger partial charge < -0.3 is 30.1 Å². The molecule has 0 saturated carbocycles. The molecular formula is C31H37N7O2. The van der Waals surface area contributed by atoms with E-state index >= 15 is 0 Å². The van der Waals surface area contributed by atoms with E-state index in [-0.39, 0.29) is 0 Å². The van der Waals surface area contributed by atoms with Crippen molar-refractivity contribution in [1.82, 2.24) is 25.3 Å². The smallest absolute Gasteiger partial charge is 0.295 e. The first kappa shape index (κ1) is 26.1. The summed E-state index contributed by atoms with van der Waals surface area (Å²) in [5.41, 5.74) is 6.63. The third-order valence-electron chi connectivity index (χ3n) is 7.50. The molecule has 3 aromatic heterocycles. The number of piperidine rings is 1. The van der Waals surface area contributed by atoms with Crippen LogP contribution in [0.25, 0.3) is 33.4 Å². The zero-order chi connectivity index (χ0) is 27.3. The number of aromatic amines is 1. The molecule has 4 N–H and O–H groups in total. The molecule has 1 saturated heterocycles. The number of oxazole rings is 1. The van der Waals surface area contributed by atoms with Crippen LogP contribution in [0.5, 0.6) is 11.6 Å². The third kappa shape index (κ3) is 5.89. The molecule has 1 aliphatic heterocycles. The molecule has 1 fully saturated rings. The number of hydrogen-bond donors (Lipinski definition) is 4. The van der Waals surface area contributed by atoms with Crippen LogP contribution in [-0.4, -0.2) is 45.6 Å². The van der Waals surface area contributed by atoms with Crippen molar-refractivity contribution >= 4 is 33.8 Å². The fourth-order valence-corrected chi connectivity index (χ4v) is 5.31. The van der Waals surface area contributed by atoms with Crippen LogP contribution in [0.15, 0.2) is 53.2 Å². The van der Waals surface area contributed by atoms with Crippen molar-refractivity contribution in [2.75, 3.05) is 30.3 Å². The lowest BCUT2D eigenvalue weighted by Gasteiger charge is -2.25. The first-order chi connectivity index (χ1) is 19.7. The summed E-state index contributed by atoms with van der Waals surface area (Å²) in [6.07, 6.45) is 8.58. The minimum absolute atomic E-state index is 0.492. The van der Waals surface area contributed by atoms with Crippen LogP contribution in [0.1, 0.15) is 51.0 Å². The number of ether oxygens (including phenoxy) is 1. The maximum atomic E-state index is 6.23. The molecule has 6 rings (SSSR count). The second-order valence-corrected chi connectivity index (χ2v) is 10.6. The van der Waals surface area contributed by atoms with Gasteiger partial charge in [-0.25, -0.2) is 9.97 Å². The third-order valence-corrected chi connectivity index (χ3v) is 7.50. The number of hydrogen-bond acceptors (Lipinski definition) is 8. The van der Waals surface area contributed by atoms with Gasteiger partial charge in [0.1, 0.15) is 23.2 Å². The van der Waals surface area contributed by atoms with E-state index in [1.807, 2.05) is 18.2 Å². The highest BCUT2D eigenvalue weighted by Crippen LogP contribution is 2.34. The van der Waals surface area contributed by atoms with E-state index < -0.39 is 0 Å². The van der Waals surface area contributed by atoms with Crippen LogP contribution >= 0.6 is 0 Å². The number of unbranched alkanes of at least 4 members (excludes halogenated alkanes) is 3. The first-order valence-electron chi connectivity index (χ1n) is 14.4. The summed E-state index contributed by atoms with van der Waals surface area (Å²) in [6.45, 7) is 7.34. The van der Waals surface area contributed by atoms with E-state index in [1.165, 1.54) is 31.2 Å². The van der Waals surface area contributed by atoms with Crippen LogP contribution in [0.2, 0.25) is 0 Å². The van der Waals surface area contributed by atoms with Crippen molar-refractivity contribution < 1.29 is 9.15 Å². The number of benzene rings is 2. The molecule has 40 heavy (non-hydrogen) atoms. The zero-order valence-corrected chi connectivity index (χ0v) is 23.2. The summed E-state index contributed by atoms with van der Waals surface area (Å²) in [5, 5.41) is 11.2. The zero-order valence-electron chi connectivity index (χ0n) is 23.2. The summed E-state index contributed by atoms with van der Waals surface area (Å²) < 4.78 is 12.1. The predicted octanol–water partition coefficient (Wildman–Crippen LogP) is 7.02. The molecule has 0 bridgehead atoms. The number of aryl methyl sites for hydroxylation is 1. The van der Waals surface area contributed by atoms with Crippen LogP contribution in [0.4, 0.5) is 11.7 Å². The predicted molar refractivity (Wildman–Crippen MR) is 160 cm³/mol. The summed E-state index contributed by atoms with van der Waals surface area (Å²) in [6, 6.07) is 15.3. The highest BCUT2D eigenvalue weighted by molar-refractivity contribution is 5.88. The number of rotatable bonds is 11. The van der Waals surface area contributed by atoms with Crippen molar-refractivity contribution in [3.8, 4) is 22.9 Å². The average molecular weight is 540 g/mol. The fourth-order valence-electron chi connectivity index (χ4n) is 5.31. The number of H-pyrrole nitrogens is 1. The molecule has 5 aromatic rings. The van der Waals surface area contributed by atoms with Crippen LogP contribution < -0.4 is 20.7 Å². The second-order valence-electron chi connectivity index (χ2n) is 10.6. The maximum Gasteiger partial charge on any atom is 0.295 e. The van der Waals surface area contributed by atoms with Gasteiger partial charge in [-0.3, -0.25) is 0 Å². The van der Waals surface area contributed by atoms with E-state index in [9.17, 15) is 0 Å². The normalized spacial score (nSPS) is 14.2. The molecule has 2 aromatic carbocycles. The largest absolute Gasteiger partial charge is 0.438 e. The molecule has 208 valence electrons. The Morgan fingerprint density at radius 2 is 1.93 bits per heavy atom. The fraction of sp³-hybridized carbons (Fsp3) is 0.387. The summed E-state index contributed by atoms with van der Waals surface area (Å²) >= 11 is 0. The molecule has 9 nitrogen and oxygen atoms in total. The molecule has 9 heteroatoms. The highest BCUT2D eigenvalue weighted by Gasteiger charge is 2.16. The van der Waals surface area contributed by atoms with E-state index in [1.54, 1.807) is 0 Å². The number of fused-ring (bicyclic) bond motifs is 2. The van der Waals surface area contributed by atoms with Gasteiger partial charge in [0.2, 0.25) is 5.88 Å². The Balaban J connectivity index is 1.18. The van der Waals surface area contributed by atoms with Crippen molar-refractivity contribution in [3.63, 3.8) is 0 Å². The second kappa shape index (κ2) is 12.0. The molecule has 0 amide bonds. The van der Waals surface area contributed by atoms with Gasteiger partial charge in [0.05, 0.1) is 5.39 Å². The Labute approximate surface area is 234 Å². The lowest BCUT2D eigenvalue weighted by Crippen LogP contribution is -2.35. The molecular weight excluding hydrogens is 502 g/mol. The van der Waals surface area contributed by atoms with E-state index in [0.29, 0.717) is 29.3 Å². The van der Waals surface area contributed by atoms with Crippen molar-refractivity contribution in [3.05, 3.63) is 54.4 Å². The lowest BCUT2D eigenvalue weighted by atomic mass is 10.0. The summed E-state index contributed by atoms with van der Waals surface area (Å²) in [4.78, 5) is 16.9. The Kier molecular flexibility index (Phi) is 7.81. The van der Waals surface area contributed by atoms with Crippen LogP contribution in [0, 0.1) is 6.92 Å². The minimum atomic E-state index is 0.492. The van der Waals surface area contributed by atoms with Crippen molar-refractivity contribution in [2.24, 2.45) is 0 Å². The Hall–Kier alpha value is -4.11. The van der Waals surface area contributed by atoms with Gasteiger partial charge in [0, 0.05) is 35.6 Å². The number of aromatic nitrogens is 4. The van der Waals surface area contributed by atoms with Gasteiger partial charge >= 0.3 is 0 Å². The minimum Gasteiger partial charge on any atom is -0.438 e. The van der Waals surface area contributed by atoms with E-state index in [2.05, 4.69) is 74.0 Å². The molecule has 1 aliphatic rings. The van der Waals surface area contributed by atoms with Crippen LogP contribution in [0.3, 0.4) is 0 Å². The number of nitrogens with zero attached hydrogens (tertiary/aromatic N) is 3. The van der Waals surface area contributed by atoms with E-state index in [0.717, 1.165) is 72.4 Å². The van der Waals surface area contributed by atoms with Gasteiger partial charge in [-0.1, -0.05) is 32.3 Å². The number of nitrogens with one attached hydrogen (secondary N) is 4. The first-order valence-corrected chi connectivity index (χ1v) is 14.4. The van der Waals surface area contributed by atoms with E-state index in [4.69, 9.17) is 9.15 Å². The van der Waals surface area contributed by atoms with Gasteiger partial charge in [-0.05, 0) is 75.2 Å². The van der Waals surface area contributed by atoms with Gasteiger partial charge in [0.15, 0.2) is 5.58 Å². The molecule has 4 heterocycles. The highest BCUT2D eigenvalue weighted by atomic mass is 16.5. The quantitative estimate of drug-likeness (QED) is 0.132. The molecule has 0 aliphatic carbocycles.